The highest BCUT2D eigenvalue weighted by Gasteiger charge is 2.05. The van der Waals surface area contributed by atoms with Gasteiger partial charge in [-0.3, -0.25) is 0 Å². The topological polar surface area (TPSA) is 44.5 Å². The van der Waals surface area contributed by atoms with E-state index in [9.17, 15) is 0 Å². The molecule has 0 unspecified atom stereocenters. The number of nitrogen functional groups attached to an aromatic ring is 1. The molecule has 0 aliphatic heterocycles. The molecule has 2 aromatic carbocycles. The predicted molar refractivity (Wildman–Crippen MR) is 84.7 cm³/mol. The van der Waals surface area contributed by atoms with E-state index in [1.165, 1.54) is 10.5 Å². The third-order valence-electron chi connectivity index (χ3n) is 3.09. The fourth-order valence-corrected chi connectivity index (χ4v) is 2.81. The lowest BCUT2D eigenvalue weighted by Gasteiger charge is -2.10. The minimum Gasteiger partial charge on any atom is -0.493 e. The zero-order valence-electron chi connectivity index (χ0n) is 12.0. The van der Waals surface area contributed by atoms with Crippen LogP contribution in [0.15, 0.2) is 41.3 Å². The van der Waals surface area contributed by atoms with Crippen LogP contribution in [-0.2, 0) is 5.75 Å². The highest BCUT2D eigenvalue weighted by Crippen LogP contribution is 2.31. The van der Waals surface area contributed by atoms with Crippen LogP contribution < -0.4 is 15.2 Å². The number of hydrogen-bond acceptors (Lipinski definition) is 4. The number of benzene rings is 2. The Labute approximate surface area is 124 Å². The molecule has 0 atom stereocenters. The van der Waals surface area contributed by atoms with E-state index in [0.717, 1.165) is 28.5 Å². The Balaban J connectivity index is 2.08. The van der Waals surface area contributed by atoms with Gasteiger partial charge in [-0.05, 0) is 48.4 Å². The summed E-state index contributed by atoms with van der Waals surface area (Å²) < 4.78 is 10.6. The number of methoxy groups -OCH3 is 2. The molecule has 0 saturated carbocycles. The second-order valence-corrected chi connectivity index (χ2v) is 5.55. The molecule has 0 bridgehead atoms. The van der Waals surface area contributed by atoms with Crippen LogP contribution >= 0.6 is 11.8 Å². The minimum atomic E-state index is 0.754. The summed E-state index contributed by atoms with van der Waals surface area (Å²) >= 11 is 1.78. The number of ether oxygens (including phenoxy) is 2. The summed E-state index contributed by atoms with van der Waals surface area (Å²) in [4.78, 5) is 1.21. The average molecular weight is 289 g/mol. The van der Waals surface area contributed by atoms with Crippen molar-refractivity contribution < 1.29 is 9.47 Å². The van der Waals surface area contributed by atoms with E-state index in [0.29, 0.717) is 0 Å². The standard InChI is InChI=1S/C16H19NO2S/c1-11-8-13(5-6-14(11)17)20-10-12-4-7-15(18-2)16(9-12)19-3/h4-9H,10,17H2,1-3H3. The molecular formula is C16H19NO2S. The summed E-state index contributed by atoms with van der Waals surface area (Å²) in [6.07, 6.45) is 0. The fraction of sp³-hybridized carbons (Fsp3) is 0.250. The second-order valence-electron chi connectivity index (χ2n) is 4.50. The molecule has 2 aromatic rings. The van der Waals surface area contributed by atoms with Crippen LogP contribution in [0, 0.1) is 6.92 Å². The summed E-state index contributed by atoms with van der Waals surface area (Å²) in [5.74, 6) is 2.40. The molecule has 0 amide bonds. The molecule has 0 aromatic heterocycles. The summed E-state index contributed by atoms with van der Waals surface area (Å²) in [6.45, 7) is 2.02. The van der Waals surface area contributed by atoms with Crippen molar-refractivity contribution in [3.63, 3.8) is 0 Å². The van der Waals surface area contributed by atoms with E-state index in [4.69, 9.17) is 15.2 Å². The third kappa shape index (κ3) is 3.39. The van der Waals surface area contributed by atoms with Gasteiger partial charge >= 0.3 is 0 Å². The molecule has 2 rings (SSSR count). The largest absolute Gasteiger partial charge is 0.493 e. The van der Waals surface area contributed by atoms with E-state index in [-0.39, 0.29) is 0 Å². The first-order chi connectivity index (χ1) is 9.63. The second kappa shape index (κ2) is 6.57. The van der Waals surface area contributed by atoms with Crippen LogP contribution in [0.3, 0.4) is 0 Å². The fourth-order valence-electron chi connectivity index (χ4n) is 1.88. The zero-order chi connectivity index (χ0) is 14.5. The van der Waals surface area contributed by atoms with Gasteiger partial charge in [0.25, 0.3) is 0 Å². The molecule has 3 nitrogen and oxygen atoms in total. The zero-order valence-corrected chi connectivity index (χ0v) is 12.8. The van der Waals surface area contributed by atoms with Crippen LogP contribution in [0.5, 0.6) is 11.5 Å². The quantitative estimate of drug-likeness (QED) is 0.670. The molecule has 106 valence electrons. The van der Waals surface area contributed by atoms with Gasteiger partial charge < -0.3 is 15.2 Å². The number of anilines is 1. The predicted octanol–water partition coefficient (Wildman–Crippen LogP) is 3.89. The van der Waals surface area contributed by atoms with E-state index >= 15 is 0 Å². The van der Waals surface area contributed by atoms with Crippen molar-refractivity contribution in [1.29, 1.82) is 0 Å². The summed E-state index contributed by atoms with van der Waals surface area (Å²) in [7, 11) is 3.29. The van der Waals surface area contributed by atoms with Crippen LogP contribution in [0.25, 0.3) is 0 Å². The lowest BCUT2D eigenvalue weighted by molar-refractivity contribution is 0.354. The molecule has 4 heteroatoms. The summed E-state index contributed by atoms with van der Waals surface area (Å²) in [5, 5.41) is 0. The van der Waals surface area contributed by atoms with Crippen LogP contribution in [-0.4, -0.2) is 14.2 Å². The molecule has 2 N–H and O–H groups in total. The Hall–Kier alpha value is -1.81. The Kier molecular flexibility index (Phi) is 4.79. The Bertz CT molecular complexity index is 599. The molecule has 0 fully saturated rings. The van der Waals surface area contributed by atoms with Crippen molar-refractivity contribution in [1.82, 2.24) is 0 Å². The number of hydrogen-bond donors (Lipinski definition) is 1. The normalized spacial score (nSPS) is 10.3. The van der Waals surface area contributed by atoms with Crippen molar-refractivity contribution in [3.05, 3.63) is 47.5 Å². The van der Waals surface area contributed by atoms with E-state index in [2.05, 4.69) is 12.1 Å². The monoisotopic (exact) mass is 289 g/mol. The van der Waals surface area contributed by atoms with Gasteiger partial charge in [0.1, 0.15) is 0 Å². The molecule has 0 aliphatic rings. The van der Waals surface area contributed by atoms with E-state index < -0.39 is 0 Å². The Morgan fingerprint density at radius 1 is 1.00 bits per heavy atom. The maximum atomic E-state index is 5.83. The molecule has 20 heavy (non-hydrogen) atoms. The number of aryl methyl sites for hydroxylation is 1. The van der Waals surface area contributed by atoms with Crippen molar-refractivity contribution >= 4 is 17.4 Å². The van der Waals surface area contributed by atoms with Gasteiger partial charge in [0.05, 0.1) is 14.2 Å². The molecule has 0 saturated heterocycles. The van der Waals surface area contributed by atoms with Gasteiger partial charge in [0, 0.05) is 16.3 Å². The highest BCUT2D eigenvalue weighted by atomic mass is 32.2. The average Bonchev–Trinajstić information content (AvgIpc) is 2.48. The van der Waals surface area contributed by atoms with Crippen LogP contribution in [0.2, 0.25) is 0 Å². The number of nitrogens with two attached hydrogens (primary N) is 1. The Morgan fingerprint density at radius 2 is 1.75 bits per heavy atom. The van der Waals surface area contributed by atoms with E-state index in [1.54, 1.807) is 26.0 Å². The number of rotatable bonds is 5. The number of thioether (sulfide) groups is 1. The molecule has 0 heterocycles. The lowest BCUT2D eigenvalue weighted by atomic mass is 10.2. The molecule has 0 radical (unpaired) electrons. The van der Waals surface area contributed by atoms with Gasteiger partial charge in [0.2, 0.25) is 0 Å². The highest BCUT2D eigenvalue weighted by molar-refractivity contribution is 7.98. The van der Waals surface area contributed by atoms with Crippen LogP contribution in [0.1, 0.15) is 11.1 Å². The van der Waals surface area contributed by atoms with Crippen molar-refractivity contribution in [2.24, 2.45) is 0 Å². The first-order valence-corrected chi connectivity index (χ1v) is 7.32. The first-order valence-electron chi connectivity index (χ1n) is 6.34. The maximum absolute atomic E-state index is 5.83. The van der Waals surface area contributed by atoms with E-state index in [1.807, 2.05) is 31.2 Å². The van der Waals surface area contributed by atoms with Gasteiger partial charge in [-0.1, -0.05) is 6.07 Å². The van der Waals surface area contributed by atoms with Crippen molar-refractivity contribution in [2.45, 2.75) is 17.6 Å². The smallest absolute Gasteiger partial charge is 0.161 e. The SMILES string of the molecule is COc1ccc(CSc2ccc(N)c(C)c2)cc1OC. The van der Waals surface area contributed by atoms with Gasteiger partial charge in [-0.2, -0.15) is 0 Å². The van der Waals surface area contributed by atoms with Crippen molar-refractivity contribution in [2.75, 3.05) is 20.0 Å². The maximum Gasteiger partial charge on any atom is 0.161 e. The van der Waals surface area contributed by atoms with Crippen LogP contribution in [0.4, 0.5) is 5.69 Å². The van der Waals surface area contributed by atoms with Gasteiger partial charge in [-0.25, -0.2) is 0 Å². The van der Waals surface area contributed by atoms with Crippen molar-refractivity contribution in [3.8, 4) is 11.5 Å². The Morgan fingerprint density at radius 3 is 2.40 bits per heavy atom. The third-order valence-corrected chi connectivity index (χ3v) is 4.16. The van der Waals surface area contributed by atoms with Gasteiger partial charge in [0.15, 0.2) is 11.5 Å². The molecular weight excluding hydrogens is 270 g/mol. The summed E-state index contributed by atoms with van der Waals surface area (Å²) in [5.41, 5.74) is 8.97. The molecule has 0 aliphatic carbocycles. The first kappa shape index (κ1) is 14.6. The van der Waals surface area contributed by atoms with Gasteiger partial charge in [-0.15, -0.1) is 11.8 Å². The summed E-state index contributed by atoms with van der Waals surface area (Å²) in [6, 6.07) is 12.1. The molecule has 0 spiro atoms. The lowest BCUT2D eigenvalue weighted by Crippen LogP contribution is -1.92. The minimum absolute atomic E-state index is 0.754.